The summed E-state index contributed by atoms with van der Waals surface area (Å²) in [5.41, 5.74) is 0.541. The standard InChI is InChI=1S/C16H20N6O3S/c1-4-12-18-9(8-26-12)7-17-11(23)6-5-10-19-13-14(20-10)21(2)16(25)22(3)15(13)24/h8H,4-7H2,1-3H3,(H,17,23)(H,19,20). The number of hydrogen-bond donors (Lipinski definition) is 2. The first-order valence-electron chi connectivity index (χ1n) is 8.25. The van der Waals surface area contributed by atoms with Crippen molar-refractivity contribution in [1.29, 1.82) is 0 Å². The number of aromatic amines is 1. The minimum atomic E-state index is -0.437. The molecule has 10 heteroatoms. The minimum Gasteiger partial charge on any atom is -0.350 e. The zero-order valence-electron chi connectivity index (χ0n) is 14.8. The highest BCUT2D eigenvalue weighted by molar-refractivity contribution is 7.09. The Bertz CT molecular complexity index is 1070. The van der Waals surface area contributed by atoms with Crippen molar-refractivity contribution in [3.05, 3.63) is 42.7 Å². The number of hydrogen-bond acceptors (Lipinski definition) is 6. The third kappa shape index (κ3) is 3.45. The van der Waals surface area contributed by atoms with Crippen molar-refractivity contribution >= 4 is 28.4 Å². The van der Waals surface area contributed by atoms with Gasteiger partial charge >= 0.3 is 5.69 Å². The van der Waals surface area contributed by atoms with Crippen LogP contribution in [0.3, 0.4) is 0 Å². The van der Waals surface area contributed by atoms with Gasteiger partial charge in [0.05, 0.1) is 17.2 Å². The molecule has 9 nitrogen and oxygen atoms in total. The normalized spacial score (nSPS) is 11.2. The van der Waals surface area contributed by atoms with E-state index in [0.717, 1.165) is 21.7 Å². The van der Waals surface area contributed by atoms with Crippen LogP contribution in [0, 0.1) is 0 Å². The van der Waals surface area contributed by atoms with Gasteiger partial charge in [0.25, 0.3) is 5.56 Å². The first-order valence-corrected chi connectivity index (χ1v) is 9.13. The topological polar surface area (TPSA) is 115 Å². The maximum absolute atomic E-state index is 12.1. The Balaban J connectivity index is 1.65. The molecule has 1 amide bonds. The minimum absolute atomic E-state index is 0.127. The lowest BCUT2D eigenvalue weighted by atomic mass is 10.3. The molecule has 3 aromatic heterocycles. The van der Waals surface area contributed by atoms with Gasteiger partial charge in [-0.3, -0.25) is 18.7 Å². The molecule has 0 aromatic carbocycles. The quantitative estimate of drug-likeness (QED) is 0.639. The van der Waals surface area contributed by atoms with Gasteiger partial charge in [0.1, 0.15) is 11.3 Å². The molecule has 2 N–H and O–H groups in total. The third-order valence-electron chi connectivity index (χ3n) is 4.10. The fraction of sp³-hybridized carbons (Fsp3) is 0.438. The van der Waals surface area contributed by atoms with Gasteiger partial charge in [-0.25, -0.2) is 14.8 Å². The van der Waals surface area contributed by atoms with E-state index in [-0.39, 0.29) is 17.8 Å². The summed E-state index contributed by atoms with van der Waals surface area (Å²) < 4.78 is 2.33. The number of carbonyl (C=O) groups is 1. The van der Waals surface area contributed by atoms with Crippen LogP contribution in [-0.2, 0) is 38.3 Å². The van der Waals surface area contributed by atoms with E-state index in [1.54, 1.807) is 18.4 Å². The van der Waals surface area contributed by atoms with Crippen LogP contribution in [0.5, 0.6) is 0 Å². The van der Waals surface area contributed by atoms with Gasteiger partial charge in [-0.2, -0.15) is 0 Å². The maximum Gasteiger partial charge on any atom is 0.332 e. The van der Waals surface area contributed by atoms with Crippen LogP contribution in [0.4, 0.5) is 0 Å². The van der Waals surface area contributed by atoms with Crippen LogP contribution in [0.1, 0.15) is 29.9 Å². The van der Waals surface area contributed by atoms with E-state index in [0.29, 0.717) is 24.4 Å². The van der Waals surface area contributed by atoms with Gasteiger partial charge in [-0.1, -0.05) is 6.92 Å². The van der Waals surface area contributed by atoms with Crippen molar-refractivity contribution in [2.24, 2.45) is 14.1 Å². The van der Waals surface area contributed by atoms with Crippen LogP contribution in [0.2, 0.25) is 0 Å². The predicted octanol–water partition coefficient (Wildman–Crippen LogP) is 0.228. The average Bonchev–Trinajstić information content (AvgIpc) is 3.28. The molecule has 0 saturated heterocycles. The molecule has 26 heavy (non-hydrogen) atoms. The van der Waals surface area contributed by atoms with E-state index in [1.165, 1.54) is 11.6 Å². The lowest BCUT2D eigenvalue weighted by molar-refractivity contribution is -0.121. The Labute approximate surface area is 152 Å². The van der Waals surface area contributed by atoms with E-state index >= 15 is 0 Å². The zero-order chi connectivity index (χ0) is 18.8. The van der Waals surface area contributed by atoms with Crippen molar-refractivity contribution in [3.8, 4) is 0 Å². The molecule has 0 bridgehead atoms. The Morgan fingerprint density at radius 1 is 1.27 bits per heavy atom. The van der Waals surface area contributed by atoms with Gasteiger partial charge in [0.2, 0.25) is 5.91 Å². The summed E-state index contributed by atoms with van der Waals surface area (Å²) in [7, 11) is 2.97. The number of nitrogens with zero attached hydrogens (tertiary/aromatic N) is 4. The van der Waals surface area contributed by atoms with Gasteiger partial charge in [-0.05, 0) is 6.42 Å². The third-order valence-corrected chi connectivity index (χ3v) is 5.14. The van der Waals surface area contributed by atoms with E-state index in [4.69, 9.17) is 0 Å². The molecule has 0 aliphatic carbocycles. The SMILES string of the molecule is CCc1nc(CNC(=O)CCc2nc3c([nH]2)c(=O)n(C)c(=O)n3C)cs1. The second-order valence-electron chi connectivity index (χ2n) is 5.95. The van der Waals surface area contributed by atoms with Crippen LogP contribution in [-0.4, -0.2) is 30.0 Å². The highest BCUT2D eigenvalue weighted by Crippen LogP contribution is 2.10. The monoisotopic (exact) mass is 376 g/mol. The largest absolute Gasteiger partial charge is 0.350 e. The van der Waals surface area contributed by atoms with E-state index < -0.39 is 11.2 Å². The summed E-state index contributed by atoms with van der Waals surface area (Å²) in [6, 6.07) is 0. The molecule has 0 saturated carbocycles. The number of carbonyl (C=O) groups excluding carboxylic acids is 1. The summed E-state index contributed by atoms with van der Waals surface area (Å²) in [5.74, 6) is 0.369. The smallest absolute Gasteiger partial charge is 0.332 e. The molecule has 0 radical (unpaired) electrons. The molecule has 138 valence electrons. The fourth-order valence-corrected chi connectivity index (χ4v) is 3.34. The highest BCUT2D eigenvalue weighted by Gasteiger charge is 2.14. The second-order valence-corrected chi connectivity index (χ2v) is 6.89. The second kappa shape index (κ2) is 7.24. The molecule has 0 spiro atoms. The van der Waals surface area contributed by atoms with Crippen molar-refractivity contribution < 1.29 is 4.79 Å². The predicted molar refractivity (Wildman–Crippen MR) is 98.2 cm³/mol. The number of nitrogens with one attached hydrogen (secondary N) is 2. The van der Waals surface area contributed by atoms with Gasteiger partial charge in [0, 0.05) is 32.3 Å². The van der Waals surface area contributed by atoms with Gasteiger partial charge < -0.3 is 10.3 Å². The number of aryl methyl sites for hydroxylation is 3. The van der Waals surface area contributed by atoms with E-state index in [9.17, 15) is 14.4 Å². The molecular weight excluding hydrogens is 356 g/mol. The molecule has 0 aliphatic rings. The molecule has 0 atom stereocenters. The Kier molecular flexibility index (Phi) is 5.03. The summed E-state index contributed by atoms with van der Waals surface area (Å²) in [6.45, 7) is 2.43. The van der Waals surface area contributed by atoms with Gasteiger partial charge in [0.15, 0.2) is 5.65 Å². The number of aromatic nitrogens is 5. The lowest BCUT2D eigenvalue weighted by Crippen LogP contribution is -2.36. The molecule has 3 heterocycles. The number of amides is 1. The number of H-pyrrole nitrogens is 1. The molecule has 3 aromatic rings. The van der Waals surface area contributed by atoms with Crippen LogP contribution in [0.25, 0.3) is 11.2 Å². The van der Waals surface area contributed by atoms with Crippen molar-refractivity contribution in [2.75, 3.05) is 0 Å². The van der Waals surface area contributed by atoms with E-state index in [2.05, 4.69) is 20.3 Å². The molecular formula is C16H20N6O3S. The van der Waals surface area contributed by atoms with Crippen molar-refractivity contribution in [3.63, 3.8) is 0 Å². The summed E-state index contributed by atoms with van der Waals surface area (Å²) in [5, 5.41) is 5.81. The van der Waals surface area contributed by atoms with Crippen molar-refractivity contribution in [2.45, 2.75) is 32.7 Å². The molecule has 3 rings (SSSR count). The fourth-order valence-electron chi connectivity index (χ4n) is 2.59. The Morgan fingerprint density at radius 3 is 2.73 bits per heavy atom. The van der Waals surface area contributed by atoms with Crippen LogP contribution in [0.15, 0.2) is 15.0 Å². The Morgan fingerprint density at radius 2 is 2.04 bits per heavy atom. The van der Waals surface area contributed by atoms with Gasteiger partial charge in [-0.15, -0.1) is 11.3 Å². The summed E-state index contributed by atoms with van der Waals surface area (Å²) in [4.78, 5) is 47.7. The number of rotatable bonds is 6. The Hall–Kier alpha value is -2.75. The summed E-state index contributed by atoms with van der Waals surface area (Å²) >= 11 is 1.58. The first-order chi connectivity index (χ1) is 12.4. The zero-order valence-corrected chi connectivity index (χ0v) is 15.6. The highest BCUT2D eigenvalue weighted by atomic mass is 32.1. The molecule has 0 aliphatic heterocycles. The number of imidazole rings is 1. The molecule has 0 fully saturated rings. The van der Waals surface area contributed by atoms with E-state index in [1.807, 2.05) is 12.3 Å². The lowest BCUT2D eigenvalue weighted by Gasteiger charge is -2.02. The number of fused-ring (bicyclic) bond motifs is 1. The maximum atomic E-state index is 12.1. The van der Waals surface area contributed by atoms with Crippen LogP contribution < -0.4 is 16.6 Å². The first kappa shape index (κ1) is 18.1. The van der Waals surface area contributed by atoms with Crippen LogP contribution >= 0.6 is 11.3 Å². The molecule has 0 unspecified atom stereocenters. The van der Waals surface area contributed by atoms with Crippen molar-refractivity contribution in [1.82, 2.24) is 29.4 Å². The number of thiazole rings is 1. The average molecular weight is 376 g/mol. The summed E-state index contributed by atoms with van der Waals surface area (Å²) in [6.07, 6.45) is 1.45.